The van der Waals surface area contributed by atoms with E-state index in [2.05, 4.69) is 161 Å². The second-order valence-corrected chi connectivity index (χ2v) is 13.5. The van der Waals surface area contributed by atoms with Crippen LogP contribution in [-0.2, 0) is 0 Å². The van der Waals surface area contributed by atoms with E-state index in [-0.39, 0.29) is 13.4 Å². The molecule has 0 bridgehead atoms. The predicted molar refractivity (Wildman–Crippen MR) is 204 cm³/mol. The lowest BCUT2D eigenvalue weighted by molar-refractivity contribution is 0.465. The molecule has 4 aliphatic rings. The van der Waals surface area contributed by atoms with E-state index in [0.717, 1.165) is 73.4 Å². The van der Waals surface area contributed by atoms with E-state index in [1.54, 1.807) is 0 Å². The van der Waals surface area contributed by atoms with Crippen LogP contribution < -0.4 is 47.2 Å². The zero-order valence-corrected chi connectivity index (χ0v) is 26.7. The van der Waals surface area contributed by atoms with Gasteiger partial charge in [-0.3, -0.25) is 4.57 Å². The van der Waals surface area contributed by atoms with Crippen LogP contribution in [0.5, 0.6) is 23.0 Å². The van der Waals surface area contributed by atoms with Gasteiger partial charge in [0, 0.05) is 34.4 Å². The molecule has 0 fully saturated rings. The van der Waals surface area contributed by atoms with Crippen LogP contribution >= 0.6 is 0 Å². The molecular formula is C43H25B2N3O2. The maximum atomic E-state index is 6.84. The first-order chi connectivity index (χ1) is 24.8. The number of para-hydroxylation sites is 3. The summed E-state index contributed by atoms with van der Waals surface area (Å²) in [7, 11) is 0. The summed E-state index contributed by atoms with van der Waals surface area (Å²) in [5.41, 5.74) is 15.0. The Morgan fingerprint density at radius 3 is 1.84 bits per heavy atom. The molecule has 50 heavy (non-hydrogen) atoms. The van der Waals surface area contributed by atoms with Gasteiger partial charge in [-0.1, -0.05) is 97.1 Å². The summed E-state index contributed by atoms with van der Waals surface area (Å²) in [6.07, 6.45) is 0. The number of hydrogen-bond donors (Lipinski definition) is 0. The van der Waals surface area contributed by atoms with Gasteiger partial charge in [0.1, 0.15) is 28.8 Å². The maximum Gasteiger partial charge on any atom is 0.256 e. The minimum absolute atomic E-state index is 0.00218. The maximum absolute atomic E-state index is 6.84. The van der Waals surface area contributed by atoms with Gasteiger partial charge < -0.3 is 14.4 Å². The number of benzene rings is 7. The SMILES string of the molecule is c1ccc(-c2nc3cccc4c3n2-c2cccc3c2B4c2cc4c(cc2O3)Oc2cccc3c2B4c2ccccc2N3c2ccccc2)cc1. The summed E-state index contributed by atoms with van der Waals surface area (Å²) in [6, 6.07) is 53.8. The number of aromatic nitrogens is 2. The molecule has 0 saturated heterocycles. The Labute approximate surface area is 289 Å². The number of rotatable bonds is 2. The van der Waals surface area contributed by atoms with Crippen molar-refractivity contribution in [2.75, 3.05) is 4.90 Å². The molecule has 4 aliphatic heterocycles. The Balaban J connectivity index is 1.11. The molecule has 230 valence electrons. The third-order valence-corrected chi connectivity index (χ3v) is 10.9. The lowest BCUT2D eigenvalue weighted by Crippen LogP contribution is -2.62. The van der Waals surface area contributed by atoms with Crippen LogP contribution in [0.15, 0.2) is 152 Å². The lowest BCUT2D eigenvalue weighted by atomic mass is 9.31. The van der Waals surface area contributed by atoms with Crippen LogP contribution in [0.25, 0.3) is 28.1 Å². The molecule has 5 heterocycles. The van der Waals surface area contributed by atoms with Gasteiger partial charge in [-0.2, -0.15) is 0 Å². The van der Waals surface area contributed by atoms with Crippen molar-refractivity contribution in [3.8, 4) is 40.1 Å². The molecule has 0 radical (unpaired) electrons. The average Bonchev–Trinajstić information content (AvgIpc) is 3.57. The molecule has 0 spiro atoms. The Bertz CT molecular complexity index is 2740. The van der Waals surface area contributed by atoms with Gasteiger partial charge in [0.15, 0.2) is 0 Å². The Morgan fingerprint density at radius 1 is 0.460 bits per heavy atom. The summed E-state index contributed by atoms with van der Waals surface area (Å²) in [5.74, 6) is 4.37. The predicted octanol–water partition coefficient (Wildman–Crippen LogP) is 6.03. The summed E-state index contributed by atoms with van der Waals surface area (Å²) in [6.45, 7) is -0.0271. The molecule has 5 nitrogen and oxygen atoms in total. The third kappa shape index (κ3) is 3.36. The molecule has 1 aromatic heterocycles. The Morgan fingerprint density at radius 2 is 1.06 bits per heavy atom. The van der Waals surface area contributed by atoms with E-state index in [1.807, 2.05) is 0 Å². The first kappa shape index (κ1) is 26.5. The van der Waals surface area contributed by atoms with Crippen molar-refractivity contribution in [2.45, 2.75) is 0 Å². The van der Waals surface area contributed by atoms with E-state index < -0.39 is 0 Å². The van der Waals surface area contributed by atoms with Crippen molar-refractivity contribution >= 4 is 74.3 Å². The fourth-order valence-corrected chi connectivity index (χ4v) is 8.95. The zero-order valence-electron chi connectivity index (χ0n) is 26.7. The smallest absolute Gasteiger partial charge is 0.256 e. The van der Waals surface area contributed by atoms with Crippen LogP contribution in [0.4, 0.5) is 17.1 Å². The van der Waals surface area contributed by atoms with Crippen LogP contribution in [-0.4, -0.2) is 23.0 Å². The monoisotopic (exact) mass is 637 g/mol. The fourth-order valence-electron chi connectivity index (χ4n) is 8.95. The average molecular weight is 637 g/mol. The highest BCUT2D eigenvalue weighted by Gasteiger charge is 2.45. The summed E-state index contributed by atoms with van der Waals surface area (Å²) < 4.78 is 16.0. The van der Waals surface area contributed by atoms with E-state index in [0.29, 0.717) is 0 Å². The summed E-state index contributed by atoms with van der Waals surface area (Å²) >= 11 is 0. The number of hydrogen-bond acceptors (Lipinski definition) is 4. The summed E-state index contributed by atoms with van der Waals surface area (Å²) in [5, 5.41) is 0. The Kier molecular flexibility index (Phi) is 5.07. The van der Waals surface area contributed by atoms with Crippen molar-refractivity contribution in [2.24, 2.45) is 0 Å². The minimum atomic E-state index is -0.0249. The lowest BCUT2D eigenvalue weighted by Gasteiger charge is -2.40. The molecule has 8 aromatic rings. The minimum Gasteiger partial charge on any atom is -0.458 e. The van der Waals surface area contributed by atoms with E-state index in [4.69, 9.17) is 14.5 Å². The van der Waals surface area contributed by atoms with Crippen molar-refractivity contribution < 1.29 is 9.47 Å². The fraction of sp³-hybridized carbons (Fsp3) is 0. The van der Waals surface area contributed by atoms with Crippen LogP contribution in [0.3, 0.4) is 0 Å². The van der Waals surface area contributed by atoms with Gasteiger partial charge in [0.05, 0.1) is 11.0 Å². The highest BCUT2D eigenvalue weighted by molar-refractivity contribution is 7.02. The van der Waals surface area contributed by atoms with Crippen molar-refractivity contribution in [3.63, 3.8) is 0 Å². The zero-order chi connectivity index (χ0) is 32.5. The molecule has 7 aromatic carbocycles. The molecule has 0 amide bonds. The molecule has 0 saturated carbocycles. The van der Waals surface area contributed by atoms with Crippen molar-refractivity contribution in [1.29, 1.82) is 0 Å². The van der Waals surface area contributed by atoms with Gasteiger partial charge in [-0.15, -0.1) is 0 Å². The largest absolute Gasteiger partial charge is 0.458 e. The highest BCUT2D eigenvalue weighted by Crippen LogP contribution is 2.42. The van der Waals surface area contributed by atoms with E-state index >= 15 is 0 Å². The van der Waals surface area contributed by atoms with Crippen molar-refractivity contribution in [3.05, 3.63) is 152 Å². The molecule has 0 N–H and O–H groups in total. The molecule has 0 atom stereocenters. The highest BCUT2D eigenvalue weighted by atomic mass is 16.5. The van der Waals surface area contributed by atoms with Gasteiger partial charge in [-0.25, -0.2) is 4.98 Å². The molecule has 7 heteroatoms. The molecular weight excluding hydrogens is 612 g/mol. The van der Waals surface area contributed by atoms with Gasteiger partial charge >= 0.3 is 0 Å². The van der Waals surface area contributed by atoms with Gasteiger partial charge in [0.2, 0.25) is 0 Å². The second kappa shape index (κ2) is 9.58. The van der Waals surface area contributed by atoms with Gasteiger partial charge in [-0.05, 0) is 81.3 Å². The molecule has 0 unspecified atom stereocenters. The number of fused-ring (bicyclic) bond motifs is 8. The molecule has 0 aliphatic carbocycles. The normalized spacial score (nSPS) is 13.8. The first-order valence-electron chi connectivity index (χ1n) is 17.1. The van der Waals surface area contributed by atoms with Crippen LogP contribution in [0.2, 0.25) is 0 Å². The van der Waals surface area contributed by atoms with E-state index in [9.17, 15) is 0 Å². The third-order valence-electron chi connectivity index (χ3n) is 10.9. The quantitative estimate of drug-likeness (QED) is 0.217. The summed E-state index contributed by atoms with van der Waals surface area (Å²) in [4.78, 5) is 7.59. The van der Waals surface area contributed by atoms with Crippen LogP contribution in [0, 0.1) is 0 Å². The van der Waals surface area contributed by atoms with Crippen molar-refractivity contribution in [1.82, 2.24) is 9.55 Å². The number of ether oxygens (including phenoxy) is 2. The number of anilines is 3. The Hall–Kier alpha value is -6.46. The van der Waals surface area contributed by atoms with Crippen LogP contribution in [0.1, 0.15) is 0 Å². The topological polar surface area (TPSA) is 39.5 Å². The first-order valence-corrected chi connectivity index (χ1v) is 17.1. The number of nitrogens with zero attached hydrogens (tertiary/aromatic N) is 3. The molecule has 12 rings (SSSR count). The van der Waals surface area contributed by atoms with Gasteiger partial charge in [0.25, 0.3) is 13.4 Å². The standard InChI is InChI=1S/C43H25B2N3O2/c1-3-12-26(13-4-1)43-46-32-18-9-17-29-42(32)48(43)35-21-11-23-37-41(35)45(29)31-24-30-38(25-39(31)50-37)49-36-22-10-20-34-40(36)44(30)28-16-7-8-19-33(28)47(34)27-14-5-2-6-15-27/h1-25H. The number of imidazole rings is 1. The van der Waals surface area contributed by atoms with E-state index in [1.165, 1.54) is 27.5 Å². The second-order valence-electron chi connectivity index (χ2n) is 13.5.